The Morgan fingerprint density at radius 1 is 1.20 bits per heavy atom. The molecular weight excluding hydrogens is 318 g/mol. The number of nitrogens with one attached hydrogen (secondary N) is 2. The third-order valence-electron chi connectivity index (χ3n) is 5.42. The summed E-state index contributed by atoms with van der Waals surface area (Å²) in [7, 11) is 0. The topological polar surface area (TPSA) is 70.7 Å². The molecule has 2 heterocycles. The van der Waals surface area contributed by atoms with Crippen molar-refractivity contribution in [1.82, 2.24) is 15.5 Å². The molecule has 1 aromatic carbocycles. The Labute approximate surface area is 148 Å². The van der Waals surface area contributed by atoms with Crippen molar-refractivity contribution in [3.63, 3.8) is 0 Å². The van der Waals surface area contributed by atoms with Crippen LogP contribution in [0.3, 0.4) is 0 Å². The Morgan fingerprint density at radius 3 is 2.48 bits per heavy atom. The van der Waals surface area contributed by atoms with Crippen molar-refractivity contribution in [3.05, 3.63) is 35.9 Å². The van der Waals surface area contributed by atoms with E-state index >= 15 is 0 Å². The van der Waals surface area contributed by atoms with E-state index in [1.807, 2.05) is 49.1 Å². The predicted molar refractivity (Wildman–Crippen MR) is 95.5 cm³/mol. The third kappa shape index (κ3) is 4.12. The number of ether oxygens (including phenoxy) is 1. The number of carbonyl (C=O) groups excluding carboxylic acids is 2. The van der Waals surface area contributed by atoms with Gasteiger partial charge in [-0.2, -0.15) is 0 Å². The number of amides is 3. The molecule has 3 rings (SSSR count). The fourth-order valence-corrected chi connectivity index (χ4v) is 3.47. The smallest absolute Gasteiger partial charge is 0.315 e. The number of likely N-dealkylation sites (tertiary alicyclic amines) is 1. The first-order chi connectivity index (χ1) is 12.0. The first-order valence-electron chi connectivity index (χ1n) is 9.02. The molecule has 1 aromatic rings. The molecule has 6 nitrogen and oxygen atoms in total. The molecule has 0 aromatic heterocycles. The van der Waals surface area contributed by atoms with Crippen molar-refractivity contribution >= 4 is 11.9 Å². The SMILES string of the molecule is CC1OCCC1(C)NC(=O)NC1CCN(C(=O)c2ccccc2)CC1. The van der Waals surface area contributed by atoms with Crippen LogP contribution in [-0.2, 0) is 4.74 Å². The van der Waals surface area contributed by atoms with Crippen LogP contribution in [0, 0.1) is 0 Å². The summed E-state index contributed by atoms with van der Waals surface area (Å²) in [6, 6.07) is 9.29. The molecule has 2 N–H and O–H groups in total. The summed E-state index contributed by atoms with van der Waals surface area (Å²) in [5.41, 5.74) is 0.406. The second-order valence-corrected chi connectivity index (χ2v) is 7.21. The average molecular weight is 345 g/mol. The number of carbonyl (C=O) groups is 2. The van der Waals surface area contributed by atoms with E-state index in [0.717, 1.165) is 24.8 Å². The zero-order chi connectivity index (χ0) is 17.9. The zero-order valence-corrected chi connectivity index (χ0v) is 15.0. The van der Waals surface area contributed by atoms with Crippen molar-refractivity contribution in [3.8, 4) is 0 Å². The van der Waals surface area contributed by atoms with Crippen LogP contribution >= 0.6 is 0 Å². The molecule has 2 aliphatic rings. The zero-order valence-electron chi connectivity index (χ0n) is 15.0. The Hall–Kier alpha value is -2.08. The molecule has 6 heteroatoms. The Bertz CT molecular complexity index is 614. The Balaban J connectivity index is 1.46. The third-order valence-corrected chi connectivity index (χ3v) is 5.42. The molecular formula is C19H27N3O3. The highest BCUT2D eigenvalue weighted by Crippen LogP contribution is 2.25. The van der Waals surface area contributed by atoms with E-state index in [0.29, 0.717) is 19.7 Å². The molecule has 0 spiro atoms. The lowest BCUT2D eigenvalue weighted by atomic mass is 9.95. The number of nitrogens with zero attached hydrogens (tertiary/aromatic N) is 1. The summed E-state index contributed by atoms with van der Waals surface area (Å²) in [5.74, 6) is 0.0629. The van der Waals surface area contributed by atoms with Crippen LogP contribution in [0.2, 0.25) is 0 Å². The van der Waals surface area contributed by atoms with Gasteiger partial charge in [-0.3, -0.25) is 4.79 Å². The minimum Gasteiger partial charge on any atom is -0.376 e. The number of urea groups is 1. The van der Waals surface area contributed by atoms with E-state index in [9.17, 15) is 9.59 Å². The second kappa shape index (κ2) is 7.44. The van der Waals surface area contributed by atoms with Crippen LogP contribution in [0.25, 0.3) is 0 Å². The summed E-state index contributed by atoms with van der Waals surface area (Å²) >= 11 is 0. The highest BCUT2D eigenvalue weighted by atomic mass is 16.5. The fraction of sp³-hybridized carbons (Fsp3) is 0.579. The van der Waals surface area contributed by atoms with Gasteiger partial charge in [-0.15, -0.1) is 0 Å². The van der Waals surface area contributed by atoms with Gasteiger partial charge < -0.3 is 20.3 Å². The maximum Gasteiger partial charge on any atom is 0.315 e. The van der Waals surface area contributed by atoms with Gasteiger partial charge >= 0.3 is 6.03 Å². The molecule has 3 amide bonds. The molecule has 25 heavy (non-hydrogen) atoms. The molecule has 2 fully saturated rings. The van der Waals surface area contributed by atoms with Crippen LogP contribution < -0.4 is 10.6 Å². The van der Waals surface area contributed by atoms with Gasteiger partial charge in [-0.1, -0.05) is 18.2 Å². The fourth-order valence-electron chi connectivity index (χ4n) is 3.47. The normalized spacial score (nSPS) is 27.1. The van der Waals surface area contributed by atoms with Gasteiger partial charge in [0.05, 0.1) is 11.6 Å². The van der Waals surface area contributed by atoms with Crippen molar-refractivity contribution in [2.24, 2.45) is 0 Å². The molecule has 0 bridgehead atoms. The van der Waals surface area contributed by atoms with Gasteiger partial charge in [0.25, 0.3) is 5.91 Å². The van der Waals surface area contributed by atoms with Crippen molar-refractivity contribution in [2.75, 3.05) is 19.7 Å². The molecule has 2 aliphatic heterocycles. The van der Waals surface area contributed by atoms with E-state index in [1.54, 1.807) is 0 Å². The number of hydrogen-bond acceptors (Lipinski definition) is 3. The maximum absolute atomic E-state index is 12.4. The number of hydrogen-bond donors (Lipinski definition) is 2. The van der Waals surface area contributed by atoms with Crippen LogP contribution in [0.1, 0.15) is 43.5 Å². The summed E-state index contributed by atoms with van der Waals surface area (Å²) in [5, 5.41) is 6.10. The van der Waals surface area contributed by atoms with Crippen LogP contribution in [0.4, 0.5) is 4.79 Å². The molecule has 2 unspecified atom stereocenters. The standard InChI is InChI=1S/C19H27N3O3/c1-14-19(2,10-13-25-14)21-18(24)20-16-8-11-22(12-9-16)17(23)15-6-4-3-5-7-15/h3-7,14,16H,8-13H2,1-2H3,(H2,20,21,24). The first-order valence-corrected chi connectivity index (χ1v) is 9.02. The van der Waals surface area contributed by atoms with Gasteiger partial charge in [-0.05, 0) is 45.2 Å². The molecule has 2 saturated heterocycles. The predicted octanol–water partition coefficient (Wildman–Crippen LogP) is 2.16. The average Bonchev–Trinajstić information content (AvgIpc) is 2.94. The summed E-state index contributed by atoms with van der Waals surface area (Å²) in [4.78, 5) is 26.6. The summed E-state index contributed by atoms with van der Waals surface area (Å²) < 4.78 is 5.56. The highest BCUT2D eigenvalue weighted by Gasteiger charge is 2.38. The summed E-state index contributed by atoms with van der Waals surface area (Å²) in [6.45, 7) is 6.01. The lowest BCUT2D eigenvalue weighted by Gasteiger charge is -2.34. The largest absolute Gasteiger partial charge is 0.376 e. The van der Waals surface area contributed by atoms with Gasteiger partial charge in [0.2, 0.25) is 0 Å². The molecule has 0 saturated carbocycles. The number of piperidine rings is 1. The summed E-state index contributed by atoms with van der Waals surface area (Å²) in [6.07, 6.45) is 2.39. The number of rotatable bonds is 3. The van der Waals surface area contributed by atoms with E-state index < -0.39 is 0 Å². The minimum absolute atomic E-state index is 0.0172. The van der Waals surface area contributed by atoms with Gasteiger partial charge in [0.15, 0.2) is 0 Å². The quantitative estimate of drug-likeness (QED) is 0.882. The van der Waals surface area contributed by atoms with E-state index in [2.05, 4.69) is 10.6 Å². The van der Waals surface area contributed by atoms with E-state index in [1.165, 1.54) is 0 Å². The van der Waals surface area contributed by atoms with Crippen LogP contribution in [0.5, 0.6) is 0 Å². The van der Waals surface area contributed by atoms with E-state index in [4.69, 9.17) is 4.74 Å². The Kier molecular flexibility index (Phi) is 5.27. The molecule has 2 atom stereocenters. The van der Waals surface area contributed by atoms with Gasteiger partial charge in [0, 0.05) is 31.3 Å². The maximum atomic E-state index is 12.4. The van der Waals surface area contributed by atoms with Crippen LogP contribution in [0.15, 0.2) is 30.3 Å². The van der Waals surface area contributed by atoms with Gasteiger partial charge in [-0.25, -0.2) is 4.79 Å². The van der Waals surface area contributed by atoms with Crippen molar-refractivity contribution in [2.45, 2.75) is 50.8 Å². The van der Waals surface area contributed by atoms with Crippen molar-refractivity contribution in [1.29, 1.82) is 0 Å². The lowest BCUT2D eigenvalue weighted by Crippen LogP contribution is -2.56. The van der Waals surface area contributed by atoms with Gasteiger partial charge in [0.1, 0.15) is 0 Å². The molecule has 136 valence electrons. The number of benzene rings is 1. The molecule has 0 aliphatic carbocycles. The Morgan fingerprint density at radius 2 is 1.88 bits per heavy atom. The monoisotopic (exact) mass is 345 g/mol. The highest BCUT2D eigenvalue weighted by molar-refractivity contribution is 5.94. The lowest BCUT2D eigenvalue weighted by molar-refractivity contribution is 0.0706. The van der Waals surface area contributed by atoms with E-state index in [-0.39, 0.29) is 29.6 Å². The first kappa shape index (κ1) is 17.7. The van der Waals surface area contributed by atoms with Crippen molar-refractivity contribution < 1.29 is 14.3 Å². The van der Waals surface area contributed by atoms with Crippen LogP contribution in [-0.4, -0.2) is 54.2 Å². The second-order valence-electron chi connectivity index (χ2n) is 7.21. The minimum atomic E-state index is -0.311. The molecule has 0 radical (unpaired) electrons.